The number of aromatic nitrogens is 5. The van der Waals surface area contributed by atoms with Gasteiger partial charge in [-0.1, -0.05) is 0 Å². The molecule has 0 atom stereocenters. The summed E-state index contributed by atoms with van der Waals surface area (Å²) >= 11 is 0. The van der Waals surface area contributed by atoms with Crippen molar-refractivity contribution in [3.63, 3.8) is 0 Å². The quantitative estimate of drug-likeness (QED) is 0.339. The first-order chi connectivity index (χ1) is 14.7. The van der Waals surface area contributed by atoms with E-state index in [1.54, 1.807) is 42.7 Å². The summed E-state index contributed by atoms with van der Waals surface area (Å²) in [7, 11) is 0. The van der Waals surface area contributed by atoms with Crippen LogP contribution in [0.3, 0.4) is 0 Å². The molecule has 6 aromatic rings. The Morgan fingerprint density at radius 3 is 2.32 bits per heavy atom. The third-order valence-electron chi connectivity index (χ3n) is 4.63. The highest BCUT2D eigenvalue weighted by molar-refractivity contribution is 5.85. The van der Waals surface area contributed by atoms with Crippen LogP contribution in [-0.2, 0) is 0 Å². The van der Waals surface area contributed by atoms with Crippen molar-refractivity contribution >= 4 is 45.3 Å². The number of benzene rings is 3. The van der Waals surface area contributed by atoms with Crippen LogP contribution in [0.25, 0.3) is 44.4 Å². The average molecular weight is 431 g/mol. The summed E-state index contributed by atoms with van der Waals surface area (Å²) in [5, 5.41) is 33.5. The molecule has 0 aliphatic heterocycles. The minimum absolute atomic E-state index is 0. The maximum absolute atomic E-state index is 9.42. The van der Waals surface area contributed by atoms with Crippen molar-refractivity contribution < 1.29 is 9.52 Å². The number of hydrogen-bond acceptors (Lipinski definition) is 6. The van der Waals surface area contributed by atoms with Crippen molar-refractivity contribution in [2.45, 2.75) is 0 Å². The molecule has 9 heteroatoms. The third-order valence-corrected chi connectivity index (χ3v) is 4.63. The second-order valence-electron chi connectivity index (χ2n) is 6.63. The first-order valence-electron chi connectivity index (χ1n) is 9.06. The highest BCUT2D eigenvalue weighted by atomic mass is 35.5. The zero-order valence-electron chi connectivity index (χ0n) is 15.9. The SMILES string of the molecule is Cl.N#Cc1ccc2[nH]ncc2c1.Oc1ccc2nc(-c3ccc4[nH]ncc4c3)oc2c1. The van der Waals surface area contributed by atoms with Gasteiger partial charge >= 0.3 is 0 Å². The van der Waals surface area contributed by atoms with Crippen LogP contribution in [0.4, 0.5) is 0 Å². The lowest BCUT2D eigenvalue weighted by Gasteiger charge is -1.94. The Morgan fingerprint density at radius 2 is 1.58 bits per heavy atom. The highest BCUT2D eigenvalue weighted by Crippen LogP contribution is 2.28. The van der Waals surface area contributed by atoms with Crippen molar-refractivity contribution in [2.24, 2.45) is 0 Å². The number of nitriles is 1. The van der Waals surface area contributed by atoms with Gasteiger partial charge in [0.2, 0.25) is 5.89 Å². The first kappa shape index (κ1) is 19.9. The number of oxazole rings is 1. The van der Waals surface area contributed by atoms with Crippen LogP contribution in [-0.4, -0.2) is 30.5 Å². The van der Waals surface area contributed by atoms with Gasteiger partial charge in [0.05, 0.1) is 35.1 Å². The maximum atomic E-state index is 9.42. The normalized spacial score (nSPS) is 10.4. The van der Waals surface area contributed by atoms with Gasteiger partial charge in [-0.2, -0.15) is 15.5 Å². The molecule has 0 saturated heterocycles. The molecule has 6 rings (SSSR count). The van der Waals surface area contributed by atoms with Crippen LogP contribution < -0.4 is 0 Å². The number of aromatic hydroxyl groups is 1. The lowest BCUT2D eigenvalue weighted by atomic mass is 10.1. The van der Waals surface area contributed by atoms with Crippen LogP contribution in [0.15, 0.2) is 71.4 Å². The second-order valence-corrected chi connectivity index (χ2v) is 6.63. The topological polar surface area (TPSA) is 127 Å². The number of nitrogens with one attached hydrogen (secondary N) is 2. The fraction of sp³-hybridized carbons (Fsp3) is 0. The van der Waals surface area contributed by atoms with Gasteiger partial charge in [0, 0.05) is 22.4 Å². The zero-order valence-corrected chi connectivity index (χ0v) is 16.7. The first-order valence-corrected chi connectivity index (χ1v) is 9.06. The van der Waals surface area contributed by atoms with Crippen LogP contribution >= 0.6 is 12.4 Å². The van der Waals surface area contributed by atoms with E-state index < -0.39 is 0 Å². The predicted octanol–water partition coefficient (Wildman–Crippen LogP) is 4.93. The van der Waals surface area contributed by atoms with E-state index >= 15 is 0 Å². The Hall–Kier alpha value is -4.35. The van der Waals surface area contributed by atoms with Crippen molar-refractivity contribution in [3.8, 4) is 23.3 Å². The summed E-state index contributed by atoms with van der Waals surface area (Å²) in [4.78, 5) is 4.41. The number of phenolic OH excluding ortho intramolecular Hbond substituents is 1. The second kappa shape index (κ2) is 8.18. The van der Waals surface area contributed by atoms with Gasteiger partial charge in [-0.25, -0.2) is 4.98 Å². The smallest absolute Gasteiger partial charge is 0.227 e. The summed E-state index contributed by atoms with van der Waals surface area (Å²) in [6, 6.07) is 18.2. The van der Waals surface area contributed by atoms with E-state index in [1.807, 2.05) is 24.3 Å². The number of nitrogens with zero attached hydrogens (tertiary/aromatic N) is 4. The number of aromatic amines is 2. The van der Waals surface area contributed by atoms with Crippen molar-refractivity contribution in [2.75, 3.05) is 0 Å². The fourth-order valence-corrected chi connectivity index (χ4v) is 3.12. The van der Waals surface area contributed by atoms with Gasteiger partial charge in [0.25, 0.3) is 0 Å². The minimum atomic E-state index is 0. The Balaban J connectivity index is 0.000000165. The monoisotopic (exact) mass is 430 g/mol. The molecule has 0 unspecified atom stereocenters. The number of halogens is 1. The number of hydrogen-bond donors (Lipinski definition) is 3. The van der Waals surface area contributed by atoms with Crippen molar-refractivity contribution in [1.82, 2.24) is 25.4 Å². The molecular weight excluding hydrogens is 416 g/mol. The summed E-state index contributed by atoms with van der Waals surface area (Å²) in [5.74, 6) is 0.698. The molecular formula is C22H15ClN6O2. The summed E-state index contributed by atoms with van der Waals surface area (Å²) in [6.45, 7) is 0. The molecule has 3 N–H and O–H groups in total. The Bertz CT molecular complexity index is 1540. The number of rotatable bonds is 1. The number of fused-ring (bicyclic) bond motifs is 3. The standard InChI is InChI=1S/C14H9N3O2.C8H5N3.ClH/c18-10-2-4-12-13(6-10)19-14(16-12)8-1-3-11-9(5-8)7-15-17-11;9-4-6-1-2-8-7(3-6)5-10-11-8;/h1-7,18H,(H,15,17);1-3,5H,(H,10,11);1H. The van der Waals surface area contributed by atoms with E-state index in [0.717, 1.165) is 32.9 Å². The molecule has 0 aliphatic carbocycles. The van der Waals surface area contributed by atoms with E-state index in [4.69, 9.17) is 9.68 Å². The Kier molecular flexibility index (Phi) is 5.26. The highest BCUT2D eigenvalue weighted by Gasteiger charge is 2.09. The van der Waals surface area contributed by atoms with Crippen LogP contribution in [0.1, 0.15) is 5.56 Å². The van der Waals surface area contributed by atoms with E-state index in [1.165, 1.54) is 0 Å². The zero-order chi connectivity index (χ0) is 20.5. The Labute approximate surface area is 181 Å². The van der Waals surface area contributed by atoms with Gasteiger partial charge in [0.1, 0.15) is 11.3 Å². The van der Waals surface area contributed by atoms with Crippen LogP contribution in [0, 0.1) is 11.3 Å². The molecule has 3 aromatic carbocycles. The van der Waals surface area contributed by atoms with Crippen molar-refractivity contribution in [3.05, 3.63) is 72.6 Å². The Morgan fingerprint density at radius 1 is 0.871 bits per heavy atom. The van der Waals surface area contributed by atoms with E-state index in [0.29, 0.717) is 17.0 Å². The fourth-order valence-electron chi connectivity index (χ4n) is 3.12. The lowest BCUT2D eigenvalue weighted by Crippen LogP contribution is -1.77. The lowest BCUT2D eigenvalue weighted by molar-refractivity contribution is 0.474. The maximum Gasteiger partial charge on any atom is 0.227 e. The largest absolute Gasteiger partial charge is 0.508 e. The van der Waals surface area contributed by atoms with Crippen LogP contribution in [0.5, 0.6) is 5.75 Å². The summed E-state index contributed by atoms with van der Waals surface area (Å²) in [5.41, 5.74) is 4.77. The molecule has 3 heterocycles. The van der Waals surface area contributed by atoms with Gasteiger partial charge in [0.15, 0.2) is 5.58 Å². The van der Waals surface area contributed by atoms with E-state index in [9.17, 15) is 5.11 Å². The molecule has 152 valence electrons. The molecule has 3 aromatic heterocycles. The van der Waals surface area contributed by atoms with Gasteiger partial charge in [-0.3, -0.25) is 10.2 Å². The molecule has 0 radical (unpaired) electrons. The van der Waals surface area contributed by atoms with E-state index in [2.05, 4.69) is 31.4 Å². The van der Waals surface area contributed by atoms with Crippen LogP contribution in [0.2, 0.25) is 0 Å². The molecule has 0 spiro atoms. The molecule has 0 saturated carbocycles. The van der Waals surface area contributed by atoms with Gasteiger partial charge in [-0.15, -0.1) is 12.4 Å². The predicted molar refractivity (Wildman–Crippen MR) is 119 cm³/mol. The van der Waals surface area contributed by atoms with Crippen molar-refractivity contribution in [1.29, 1.82) is 5.26 Å². The molecule has 8 nitrogen and oxygen atoms in total. The number of phenols is 1. The number of H-pyrrole nitrogens is 2. The minimum Gasteiger partial charge on any atom is -0.508 e. The molecule has 0 amide bonds. The van der Waals surface area contributed by atoms with Gasteiger partial charge in [-0.05, 0) is 48.5 Å². The molecule has 31 heavy (non-hydrogen) atoms. The average Bonchev–Trinajstić information content (AvgIpc) is 3.51. The molecule has 0 fully saturated rings. The summed E-state index contributed by atoms with van der Waals surface area (Å²) in [6.07, 6.45) is 3.46. The van der Waals surface area contributed by atoms with E-state index in [-0.39, 0.29) is 18.2 Å². The molecule has 0 bridgehead atoms. The molecule has 0 aliphatic rings. The summed E-state index contributed by atoms with van der Waals surface area (Å²) < 4.78 is 5.66. The van der Waals surface area contributed by atoms with Gasteiger partial charge < -0.3 is 9.52 Å². The third kappa shape index (κ3) is 3.90.